The van der Waals surface area contributed by atoms with Crippen molar-refractivity contribution in [1.29, 1.82) is 0 Å². The number of hydrogen-bond acceptors (Lipinski definition) is 6. The van der Waals surface area contributed by atoms with E-state index in [-0.39, 0.29) is 23.2 Å². The SMILES string of the molecule is CN(C(=O)CCCCn1ccc2ccc(C(N)=O)nc21)C1CCN(c2ncc(C(F)F)cn2)CC1. The summed E-state index contributed by atoms with van der Waals surface area (Å²) < 4.78 is 27.4. The summed E-state index contributed by atoms with van der Waals surface area (Å²) in [5.74, 6) is -0.0133. The van der Waals surface area contributed by atoms with Gasteiger partial charge in [0.1, 0.15) is 11.3 Å². The highest BCUT2D eigenvalue weighted by Gasteiger charge is 2.26. The molecule has 0 atom stereocenters. The summed E-state index contributed by atoms with van der Waals surface area (Å²) >= 11 is 0. The number of halogens is 2. The van der Waals surface area contributed by atoms with E-state index in [1.807, 2.05) is 39.7 Å². The third-order valence-electron chi connectivity index (χ3n) is 6.50. The molecule has 0 aromatic carbocycles. The molecule has 3 aromatic rings. The van der Waals surface area contributed by atoms with Gasteiger partial charge in [-0.1, -0.05) is 0 Å². The number of pyridine rings is 1. The van der Waals surface area contributed by atoms with Crippen LogP contribution >= 0.6 is 0 Å². The quantitative estimate of drug-likeness (QED) is 0.466. The fraction of sp³-hybridized carbons (Fsp3) is 0.458. The van der Waals surface area contributed by atoms with Crippen LogP contribution in [0.1, 0.15) is 54.6 Å². The first-order valence-electron chi connectivity index (χ1n) is 11.7. The number of hydrogen-bond donors (Lipinski definition) is 1. The predicted octanol–water partition coefficient (Wildman–Crippen LogP) is 3.16. The number of aromatic nitrogens is 4. The fourth-order valence-electron chi connectivity index (χ4n) is 4.38. The maximum Gasteiger partial charge on any atom is 0.267 e. The van der Waals surface area contributed by atoms with Crippen LogP contribution in [-0.4, -0.2) is 62.4 Å². The molecule has 2 amide bonds. The number of alkyl halides is 2. The predicted molar refractivity (Wildman–Crippen MR) is 127 cm³/mol. The number of unbranched alkanes of at least 4 members (excludes halogenated alkanes) is 1. The van der Waals surface area contributed by atoms with E-state index in [0.29, 0.717) is 37.7 Å². The van der Waals surface area contributed by atoms with E-state index in [0.717, 1.165) is 43.5 Å². The third-order valence-corrected chi connectivity index (χ3v) is 6.50. The van der Waals surface area contributed by atoms with Crippen molar-refractivity contribution in [3.05, 3.63) is 48.0 Å². The molecular weight excluding hydrogens is 456 g/mol. The van der Waals surface area contributed by atoms with Crippen LogP contribution in [0.5, 0.6) is 0 Å². The second-order valence-corrected chi connectivity index (χ2v) is 8.78. The molecule has 0 radical (unpaired) electrons. The summed E-state index contributed by atoms with van der Waals surface area (Å²) in [6, 6.07) is 5.51. The van der Waals surface area contributed by atoms with Crippen LogP contribution in [0.4, 0.5) is 14.7 Å². The first-order valence-corrected chi connectivity index (χ1v) is 11.7. The lowest BCUT2D eigenvalue weighted by atomic mass is 10.0. The van der Waals surface area contributed by atoms with Gasteiger partial charge in [0.05, 0.1) is 5.56 Å². The maximum absolute atomic E-state index is 12.7. The number of aryl methyl sites for hydroxylation is 1. The third kappa shape index (κ3) is 5.72. The zero-order valence-corrected chi connectivity index (χ0v) is 19.6. The van der Waals surface area contributed by atoms with E-state index < -0.39 is 12.3 Å². The van der Waals surface area contributed by atoms with E-state index in [1.165, 1.54) is 0 Å². The molecule has 2 N–H and O–H groups in total. The first kappa shape index (κ1) is 24.5. The Labute approximate surface area is 202 Å². The topological polar surface area (TPSA) is 110 Å². The summed E-state index contributed by atoms with van der Waals surface area (Å²) in [7, 11) is 1.84. The van der Waals surface area contributed by atoms with E-state index in [1.54, 1.807) is 6.07 Å². The number of piperidine rings is 1. The highest BCUT2D eigenvalue weighted by Crippen LogP contribution is 2.22. The molecule has 0 spiro atoms. The second kappa shape index (κ2) is 10.7. The van der Waals surface area contributed by atoms with Crippen LogP contribution in [0.2, 0.25) is 0 Å². The fourth-order valence-corrected chi connectivity index (χ4v) is 4.38. The Morgan fingerprint density at radius 1 is 1.14 bits per heavy atom. The molecule has 11 heteroatoms. The molecule has 0 unspecified atom stereocenters. The van der Waals surface area contributed by atoms with Crippen molar-refractivity contribution in [2.24, 2.45) is 5.73 Å². The van der Waals surface area contributed by atoms with Gasteiger partial charge in [0, 0.05) is 63.1 Å². The number of amides is 2. The van der Waals surface area contributed by atoms with Gasteiger partial charge in [-0.25, -0.2) is 23.7 Å². The Hall–Kier alpha value is -3.63. The van der Waals surface area contributed by atoms with Crippen molar-refractivity contribution < 1.29 is 18.4 Å². The maximum atomic E-state index is 12.7. The Morgan fingerprint density at radius 2 is 1.86 bits per heavy atom. The number of primary amides is 1. The summed E-state index contributed by atoms with van der Waals surface area (Å²) in [4.78, 5) is 40.4. The number of fused-ring (bicyclic) bond motifs is 1. The van der Waals surface area contributed by atoms with Crippen LogP contribution in [0, 0.1) is 0 Å². The molecule has 9 nitrogen and oxygen atoms in total. The van der Waals surface area contributed by atoms with Gasteiger partial charge in [-0.15, -0.1) is 0 Å². The number of anilines is 1. The molecule has 3 aromatic heterocycles. The van der Waals surface area contributed by atoms with Gasteiger partial charge >= 0.3 is 0 Å². The van der Waals surface area contributed by atoms with Gasteiger partial charge in [-0.3, -0.25) is 9.59 Å². The molecular formula is C24H29F2N7O2. The molecule has 35 heavy (non-hydrogen) atoms. The minimum Gasteiger partial charge on any atom is -0.364 e. The summed E-state index contributed by atoms with van der Waals surface area (Å²) in [5.41, 5.74) is 6.09. The molecule has 1 saturated heterocycles. The molecule has 186 valence electrons. The molecule has 1 aliphatic rings. The summed E-state index contributed by atoms with van der Waals surface area (Å²) in [5, 5.41) is 0.938. The highest BCUT2D eigenvalue weighted by molar-refractivity contribution is 5.93. The van der Waals surface area contributed by atoms with E-state index >= 15 is 0 Å². The number of carbonyl (C=O) groups is 2. The lowest BCUT2D eigenvalue weighted by Crippen LogP contribution is -2.46. The number of rotatable bonds is 9. The average Bonchev–Trinajstić information content (AvgIpc) is 3.28. The second-order valence-electron chi connectivity index (χ2n) is 8.78. The number of nitrogens with two attached hydrogens (primary N) is 1. The first-order chi connectivity index (χ1) is 16.8. The molecule has 0 saturated carbocycles. The van der Waals surface area contributed by atoms with Gasteiger partial charge in [0.2, 0.25) is 11.9 Å². The van der Waals surface area contributed by atoms with Crippen molar-refractivity contribution in [3.8, 4) is 0 Å². The van der Waals surface area contributed by atoms with Gasteiger partial charge in [-0.2, -0.15) is 0 Å². The number of nitrogens with zero attached hydrogens (tertiary/aromatic N) is 6. The average molecular weight is 486 g/mol. The minimum absolute atomic E-state index is 0.104. The van der Waals surface area contributed by atoms with Gasteiger partial charge < -0.3 is 20.1 Å². The van der Waals surface area contributed by atoms with Crippen molar-refractivity contribution in [1.82, 2.24) is 24.4 Å². The molecule has 1 aliphatic heterocycles. The zero-order valence-electron chi connectivity index (χ0n) is 19.6. The van der Waals surface area contributed by atoms with Crippen LogP contribution in [0.3, 0.4) is 0 Å². The Balaban J connectivity index is 1.22. The summed E-state index contributed by atoms with van der Waals surface area (Å²) in [6.07, 6.45) is 5.21. The van der Waals surface area contributed by atoms with Gasteiger partial charge in [-0.05, 0) is 43.9 Å². The van der Waals surface area contributed by atoms with Crippen LogP contribution in [-0.2, 0) is 11.3 Å². The Bertz CT molecular complexity index is 1170. The monoisotopic (exact) mass is 485 g/mol. The Kier molecular flexibility index (Phi) is 7.52. The van der Waals surface area contributed by atoms with E-state index in [2.05, 4.69) is 15.0 Å². The standard InChI is InChI=1S/C24H29F2N7O2/c1-31(18-8-12-33(13-9-18)24-28-14-17(15-29-24)21(25)26)20(34)4-2-3-10-32-11-7-16-5-6-19(22(27)35)30-23(16)32/h5-7,11,14-15,18,21H,2-4,8-10,12-13H2,1H3,(H2,27,35). The lowest BCUT2D eigenvalue weighted by Gasteiger charge is -2.36. The van der Waals surface area contributed by atoms with Gasteiger partial charge in [0.15, 0.2) is 0 Å². The largest absolute Gasteiger partial charge is 0.364 e. The molecule has 1 fully saturated rings. The van der Waals surface area contributed by atoms with E-state index in [9.17, 15) is 18.4 Å². The molecule has 4 rings (SSSR count). The molecule has 0 bridgehead atoms. The van der Waals surface area contributed by atoms with Gasteiger partial charge in [0.25, 0.3) is 12.3 Å². The van der Waals surface area contributed by atoms with Crippen molar-refractivity contribution >= 4 is 28.8 Å². The van der Waals surface area contributed by atoms with E-state index in [4.69, 9.17) is 5.73 Å². The van der Waals surface area contributed by atoms with Crippen LogP contribution < -0.4 is 10.6 Å². The summed E-state index contributed by atoms with van der Waals surface area (Å²) in [6.45, 7) is 2.02. The van der Waals surface area contributed by atoms with Crippen molar-refractivity contribution in [3.63, 3.8) is 0 Å². The highest BCUT2D eigenvalue weighted by atomic mass is 19.3. The Morgan fingerprint density at radius 3 is 2.51 bits per heavy atom. The minimum atomic E-state index is -2.58. The molecule has 4 heterocycles. The normalized spacial score (nSPS) is 14.6. The number of carbonyl (C=O) groups excluding carboxylic acids is 2. The van der Waals surface area contributed by atoms with Crippen LogP contribution in [0.25, 0.3) is 11.0 Å². The van der Waals surface area contributed by atoms with Crippen molar-refractivity contribution in [2.45, 2.75) is 51.1 Å². The lowest BCUT2D eigenvalue weighted by molar-refractivity contribution is -0.132. The van der Waals surface area contributed by atoms with Crippen LogP contribution in [0.15, 0.2) is 36.8 Å². The smallest absolute Gasteiger partial charge is 0.267 e. The zero-order chi connectivity index (χ0) is 24.9. The molecule has 0 aliphatic carbocycles. The van der Waals surface area contributed by atoms with Crippen molar-refractivity contribution in [2.75, 3.05) is 25.0 Å².